The van der Waals surface area contributed by atoms with Gasteiger partial charge in [0, 0.05) is 17.6 Å². The minimum absolute atomic E-state index is 0.159. The molecule has 0 saturated carbocycles. The fourth-order valence-electron chi connectivity index (χ4n) is 3.31. The van der Waals surface area contributed by atoms with E-state index >= 15 is 0 Å². The third-order valence-corrected chi connectivity index (χ3v) is 6.47. The summed E-state index contributed by atoms with van der Waals surface area (Å²) >= 11 is 3.33. The molecule has 0 aromatic heterocycles. The quantitative estimate of drug-likeness (QED) is 0.722. The molecule has 0 bridgehead atoms. The van der Waals surface area contributed by atoms with E-state index < -0.39 is 21.5 Å². The summed E-state index contributed by atoms with van der Waals surface area (Å²) in [5.41, 5.74) is 2.28. The van der Waals surface area contributed by atoms with Crippen molar-refractivity contribution in [3.63, 3.8) is 0 Å². The third-order valence-electron chi connectivity index (χ3n) is 4.50. The summed E-state index contributed by atoms with van der Waals surface area (Å²) in [6, 6.07) is 14.7. The van der Waals surface area contributed by atoms with Crippen molar-refractivity contribution in [1.82, 2.24) is 0 Å². The van der Waals surface area contributed by atoms with E-state index in [0.29, 0.717) is 11.3 Å². The van der Waals surface area contributed by atoms with Gasteiger partial charge >= 0.3 is 0 Å². The maximum atomic E-state index is 12.4. The average Bonchev–Trinajstić information content (AvgIpc) is 2.62. The van der Waals surface area contributed by atoms with Crippen molar-refractivity contribution in [2.24, 2.45) is 0 Å². The van der Waals surface area contributed by atoms with Crippen LogP contribution in [0.25, 0.3) is 0 Å². The van der Waals surface area contributed by atoms with Crippen LogP contribution in [0.15, 0.2) is 53.0 Å². The zero-order valence-corrected chi connectivity index (χ0v) is 17.4. The van der Waals surface area contributed by atoms with Gasteiger partial charge in [0.25, 0.3) is 0 Å². The topological polar surface area (TPSA) is 66.5 Å². The second-order valence-corrected chi connectivity index (χ2v) is 9.76. The van der Waals surface area contributed by atoms with E-state index in [-0.39, 0.29) is 5.75 Å². The molecule has 0 aliphatic carbocycles. The first-order chi connectivity index (χ1) is 12.9. The van der Waals surface area contributed by atoms with E-state index in [9.17, 15) is 13.2 Å². The fourth-order valence-corrected chi connectivity index (χ4v) is 5.02. The summed E-state index contributed by atoms with van der Waals surface area (Å²) in [4.78, 5) is 14.6. The molecule has 0 spiro atoms. The van der Waals surface area contributed by atoms with Gasteiger partial charge < -0.3 is 10.2 Å². The van der Waals surface area contributed by atoms with Crippen LogP contribution in [0.2, 0.25) is 0 Å². The number of hydrogen-bond acceptors (Lipinski definition) is 4. The highest BCUT2D eigenvalue weighted by Gasteiger charge is 2.20. The van der Waals surface area contributed by atoms with Gasteiger partial charge in [-0.2, -0.15) is 0 Å². The molecule has 0 radical (unpaired) electrons. The van der Waals surface area contributed by atoms with Crippen LogP contribution in [0, 0.1) is 0 Å². The summed E-state index contributed by atoms with van der Waals surface area (Å²) < 4.78 is 25.6. The molecule has 1 aliphatic rings. The van der Waals surface area contributed by atoms with Crippen LogP contribution in [0.5, 0.6) is 0 Å². The van der Waals surface area contributed by atoms with Crippen molar-refractivity contribution >= 4 is 43.0 Å². The van der Waals surface area contributed by atoms with Crippen molar-refractivity contribution in [3.05, 3.63) is 58.6 Å². The number of amides is 1. The Kier molecular flexibility index (Phi) is 6.55. The number of benzene rings is 2. The van der Waals surface area contributed by atoms with Crippen LogP contribution >= 0.6 is 15.9 Å². The van der Waals surface area contributed by atoms with Gasteiger partial charge in [-0.05, 0) is 49.1 Å². The summed E-state index contributed by atoms with van der Waals surface area (Å²) in [5, 5.41) is 2.79. The Hall–Kier alpha value is -1.86. The van der Waals surface area contributed by atoms with Crippen LogP contribution in [-0.4, -0.2) is 33.2 Å². The maximum absolute atomic E-state index is 12.4. The molecule has 2 aromatic carbocycles. The molecule has 1 heterocycles. The first-order valence-electron chi connectivity index (χ1n) is 9.02. The van der Waals surface area contributed by atoms with Crippen LogP contribution in [0.1, 0.15) is 24.8 Å². The van der Waals surface area contributed by atoms with Gasteiger partial charge in [-0.25, -0.2) is 8.42 Å². The second kappa shape index (κ2) is 8.89. The van der Waals surface area contributed by atoms with E-state index in [4.69, 9.17) is 0 Å². The van der Waals surface area contributed by atoms with Gasteiger partial charge in [-0.3, -0.25) is 4.79 Å². The monoisotopic (exact) mass is 450 g/mol. The van der Waals surface area contributed by atoms with Gasteiger partial charge in [0.2, 0.25) is 5.91 Å². The molecule has 2 aromatic rings. The Bertz CT molecular complexity index is 909. The van der Waals surface area contributed by atoms with E-state index in [2.05, 4.69) is 26.1 Å². The van der Waals surface area contributed by atoms with Crippen LogP contribution in [0.4, 0.5) is 11.4 Å². The highest BCUT2D eigenvalue weighted by Crippen LogP contribution is 2.28. The lowest BCUT2D eigenvalue weighted by molar-refractivity contribution is -0.113. The molecule has 0 unspecified atom stereocenters. The zero-order chi connectivity index (χ0) is 19.3. The van der Waals surface area contributed by atoms with Crippen molar-refractivity contribution in [3.8, 4) is 0 Å². The lowest BCUT2D eigenvalue weighted by Gasteiger charge is -2.30. The number of nitrogens with zero attached hydrogens (tertiary/aromatic N) is 1. The summed E-state index contributed by atoms with van der Waals surface area (Å²) in [6.07, 6.45) is 3.48. The summed E-state index contributed by atoms with van der Waals surface area (Å²) in [5.74, 6) is -1.20. The van der Waals surface area contributed by atoms with Gasteiger partial charge in [-0.1, -0.05) is 40.2 Å². The Morgan fingerprint density at radius 2 is 1.78 bits per heavy atom. The average molecular weight is 451 g/mol. The molecule has 3 rings (SSSR count). The van der Waals surface area contributed by atoms with Gasteiger partial charge in [0.1, 0.15) is 5.75 Å². The van der Waals surface area contributed by atoms with E-state index in [1.54, 1.807) is 18.2 Å². The predicted molar refractivity (Wildman–Crippen MR) is 113 cm³/mol. The Balaban J connectivity index is 1.67. The number of rotatable bonds is 6. The molecule has 1 saturated heterocycles. The van der Waals surface area contributed by atoms with Crippen LogP contribution in [0.3, 0.4) is 0 Å². The predicted octanol–water partition coefficient (Wildman–Crippen LogP) is 3.99. The molecular formula is C20H23BrN2O3S. The van der Waals surface area contributed by atoms with Crippen LogP contribution < -0.4 is 10.2 Å². The minimum atomic E-state index is -3.55. The Morgan fingerprint density at radius 1 is 1.04 bits per heavy atom. The molecule has 27 heavy (non-hydrogen) atoms. The third kappa shape index (κ3) is 5.81. The fraction of sp³-hybridized carbons (Fsp3) is 0.350. The van der Waals surface area contributed by atoms with Crippen molar-refractivity contribution in [2.75, 3.05) is 29.1 Å². The molecule has 1 N–H and O–H groups in total. The normalized spacial score (nSPS) is 14.8. The number of nitrogens with one attached hydrogen (secondary N) is 1. The number of piperidine rings is 1. The highest BCUT2D eigenvalue weighted by atomic mass is 79.9. The smallest absolute Gasteiger partial charge is 0.239 e. The standard InChI is InChI=1S/C20H23BrN2O3S/c21-17-8-6-7-16(13-17)14-27(25,26)15-20(24)22-18-9-2-3-10-19(18)23-11-4-1-5-12-23/h2-3,6-10,13H,1,4-5,11-12,14-15H2,(H,22,24). The first-order valence-corrected chi connectivity index (χ1v) is 11.6. The molecule has 5 nitrogen and oxygen atoms in total. The number of para-hydroxylation sites is 2. The Labute approximate surface area is 168 Å². The summed E-state index contributed by atoms with van der Waals surface area (Å²) in [6.45, 7) is 1.90. The minimum Gasteiger partial charge on any atom is -0.370 e. The molecule has 0 atom stereocenters. The molecule has 7 heteroatoms. The van der Waals surface area contributed by atoms with Crippen molar-refractivity contribution in [1.29, 1.82) is 0 Å². The molecule has 1 aliphatic heterocycles. The van der Waals surface area contributed by atoms with Gasteiger partial charge in [0.15, 0.2) is 9.84 Å². The molecule has 1 fully saturated rings. The molecular weight excluding hydrogens is 428 g/mol. The van der Waals surface area contributed by atoms with E-state index in [1.165, 1.54) is 6.42 Å². The zero-order valence-electron chi connectivity index (χ0n) is 15.0. The van der Waals surface area contributed by atoms with E-state index in [1.807, 2.05) is 30.3 Å². The van der Waals surface area contributed by atoms with Crippen LogP contribution in [-0.2, 0) is 20.4 Å². The highest BCUT2D eigenvalue weighted by molar-refractivity contribution is 9.10. The second-order valence-electron chi connectivity index (χ2n) is 6.78. The molecule has 144 valence electrons. The largest absolute Gasteiger partial charge is 0.370 e. The van der Waals surface area contributed by atoms with Crippen molar-refractivity contribution < 1.29 is 13.2 Å². The SMILES string of the molecule is O=C(CS(=O)(=O)Cc1cccc(Br)c1)Nc1ccccc1N1CCCCC1. The van der Waals surface area contributed by atoms with Gasteiger partial charge in [-0.15, -0.1) is 0 Å². The lowest BCUT2D eigenvalue weighted by Crippen LogP contribution is -2.31. The number of carbonyl (C=O) groups is 1. The van der Waals surface area contributed by atoms with Gasteiger partial charge in [0.05, 0.1) is 17.1 Å². The number of sulfone groups is 1. The summed E-state index contributed by atoms with van der Waals surface area (Å²) in [7, 11) is -3.55. The lowest BCUT2D eigenvalue weighted by atomic mass is 10.1. The Morgan fingerprint density at radius 3 is 2.52 bits per heavy atom. The molecule has 1 amide bonds. The van der Waals surface area contributed by atoms with E-state index in [0.717, 1.165) is 36.1 Å². The maximum Gasteiger partial charge on any atom is 0.239 e. The first kappa shape index (κ1) is 19.9. The van der Waals surface area contributed by atoms with Crippen molar-refractivity contribution in [2.45, 2.75) is 25.0 Å². The number of anilines is 2. The number of carbonyl (C=O) groups excluding carboxylic acids is 1. The number of halogens is 1. The number of hydrogen-bond donors (Lipinski definition) is 1.